The Hall–Kier alpha value is -2.62. The summed E-state index contributed by atoms with van der Waals surface area (Å²) >= 11 is 0. The second-order valence-electron chi connectivity index (χ2n) is 6.27. The molecule has 0 atom stereocenters. The lowest BCUT2D eigenvalue weighted by molar-refractivity contribution is -0.384. The fraction of sp³-hybridized carbons (Fsp3) is 0.500. The van der Waals surface area contributed by atoms with E-state index in [0.29, 0.717) is 18.5 Å². The minimum absolute atomic E-state index is 0.101. The lowest BCUT2D eigenvalue weighted by atomic mass is 9.76. The van der Waals surface area contributed by atoms with Crippen LogP contribution in [0.2, 0.25) is 0 Å². The molecule has 0 aliphatic heterocycles. The maximum Gasteiger partial charge on any atom is 0.293 e. The van der Waals surface area contributed by atoms with E-state index in [0.717, 1.165) is 19.3 Å². The summed E-state index contributed by atoms with van der Waals surface area (Å²) in [5.41, 5.74) is -0.190. The number of rotatable bonds is 5. The molecule has 1 aromatic rings. The molecule has 3 rings (SSSR count). The molecule has 1 N–H and O–H groups in total. The number of carbonyl (C=O) groups is 1. The third kappa shape index (κ3) is 2.72. The van der Waals surface area contributed by atoms with E-state index in [2.05, 4.69) is 11.4 Å². The molecular formula is C16H18N4O3. The Kier molecular flexibility index (Phi) is 3.68. The molecule has 2 aliphatic carbocycles. The number of anilines is 1. The highest BCUT2D eigenvalue weighted by atomic mass is 16.6. The number of nitro benzene ring substituents is 1. The highest BCUT2D eigenvalue weighted by Gasteiger charge is 2.43. The molecule has 1 aromatic carbocycles. The maximum atomic E-state index is 12.6. The van der Waals surface area contributed by atoms with Gasteiger partial charge in [-0.2, -0.15) is 5.26 Å². The van der Waals surface area contributed by atoms with Gasteiger partial charge in [0.25, 0.3) is 11.6 Å². The van der Waals surface area contributed by atoms with Gasteiger partial charge in [0.05, 0.1) is 11.0 Å². The number of hydrogen-bond acceptors (Lipinski definition) is 5. The fourth-order valence-corrected chi connectivity index (χ4v) is 2.81. The summed E-state index contributed by atoms with van der Waals surface area (Å²) in [5, 5.41) is 23.7. The highest BCUT2D eigenvalue weighted by Crippen LogP contribution is 2.38. The van der Waals surface area contributed by atoms with Crippen molar-refractivity contribution in [1.82, 2.24) is 4.90 Å². The molecule has 2 fully saturated rings. The van der Waals surface area contributed by atoms with Crippen LogP contribution in [0.3, 0.4) is 0 Å². The Balaban J connectivity index is 1.87. The van der Waals surface area contributed by atoms with Gasteiger partial charge in [-0.15, -0.1) is 0 Å². The van der Waals surface area contributed by atoms with Crippen LogP contribution in [0.1, 0.15) is 42.5 Å². The van der Waals surface area contributed by atoms with Gasteiger partial charge in [-0.3, -0.25) is 14.9 Å². The summed E-state index contributed by atoms with van der Waals surface area (Å²) in [4.78, 5) is 24.8. The van der Waals surface area contributed by atoms with Crippen LogP contribution < -0.4 is 5.32 Å². The summed E-state index contributed by atoms with van der Waals surface area (Å²) in [6, 6.07) is 6.96. The van der Waals surface area contributed by atoms with Gasteiger partial charge in [0, 0.05) is 24.7 Å². The smallest absolute Gasteiger partial charge is 0.293 e. The summed E-state index contributed by atoms with van der Waals surface area (Å²) in [6.45, 7) is 0. The van der Waals surface area contributed by atoms with Crippen molar-refractivity contribution in [2.24, 2.45) is 0 Å². The molecule has 2 aliphatic rings. The molecule has 0 aromatic heterocycles. The molecule has 120 valence electrons. The summed E-state index contributed by atoms with van der Waals surface area (Å²) in [5.74, 6) is -0.354. The summed E-state index contributed by atoms with van der Waals surface area (Å²) < 4.78 is 0. The number of carbonyl (C=O) groups excluding carboxylic acids is 1. The molecule has 0 bridgehead atoms. The van der Waals surface area contributed by atoms with Crippen LogP contribution in [0.25, 0.3) is 0 Å². The first kappa shape index (κ1) is 15.3. The number of nitro groups is 1. The molecular weight excluding hydrogens is 296 g/mol. The van der Waals surface area contributed by atoms with Crippen molar-refractivity contribution >= 4 is 17.3 Å². The second-order valence-corrected chi connectivity index (χ2v) is 6.27. The zero-order valence-electron chi connectivity index (χ0n) is 12.9. The van der Waals surface area contributed by atoms with Crippen molar-refractivity contribution in [3.63, 3.8) is 0 Å². The largest absolute Gasteiger partial charge is 0.377 e. The van der Waals surface area contributed by atoms with Crippen molar-refractivity contribution in [2.75, 3.05) is 12.4 Å². The molecule has 0 saturated heterocycles. The Labute approximate surface area is 134 Å². The number of nitriles is 1. The van der Waals surface area contributed by atoms with E-state index in [9.17, 15) is 20.2 Å². The van der Waals surface area contributed by atoms with Crippen LogP contribution in [0.5, 0.6) is 0 Å². The molecule has 23 heavy (non-hydrogen) atoms. The number of amides is 1. The maximum absolute atomic E-state index is 12.6. The quantitative estimate of drug-likeness (QED) is 0.665. The third-order valence-electron chi connectivity index (χ3n) is 4.71. The summed E-state index contributed by atoms with van der Waals surface area (Å²) in [6.07, 6.45) is 4.22. The van der Waals surface area contributed by atoms with E-state index in [1.54, 1.807) is 19.2 Å². The first-order valence-electron chi connectivity index (χ1n) is 7.71. The molecule has 1 amide bonds. The van der Waals surface area contributed by atoms with Crippen molar-refractivity contribution in [3.8, 4) is 6.07 Å². The van der Waals surface area contributed by atoms with Crippen LogP contribution in [0.15, 0.2) is 18.2 Å². The Morgan fingerprint density at radius 1 is 1.48 bits per heavy atom. The minimum Gasteiger partial charge on any atom is -0.377 e. The van der Waals surface area contributed by atoms with E-state index in [1.165, 1.54) is 11.0 Å². The normalized spacial score (nSPS) is 18.4. The Morgan fingerprint density at radius 2 is 2.17 bits per heavy atom. The van der Waals surface area contributed by atoms with E-state index in [-0.39, 0.29) is 23.2 Å². The van der Waals surface area contributed by atoms with Gasteiger partial charge in [0.1, 0.15) is 11.2 Å². The predicted octanol–water partition coefficient (Wildman–Crippen LogP) is 2.69. The average molecular weight is 314 g/mol. The first-order chi connectivity index (χ1) is 11.0. The average Bonchev–Trinajstić information content (AvgIpc) is 3.30. The molecule has 7 nitrogen and oxygen atoms in total. The summed E-state index contributed by atoms with van der Waals surface area (Å²) in [7, 11) is 1.59. The van der Waals surface area contributed by atoms with Crippen LogP contribution in [-0.4, -0.2) is 34.4 Å². The molecule has 2 saturated carbocycles. The van der Waals surface area contributed by atoms with Crippen molar-refractivity contribution in [2.45, 2.75) is 43.7 Å². The molecule has 0 heterocycles. The first-order valence-corrected chi connectivity index (χ1v) is 7.71. The Morgan fingerprint density at radius 3 is 2.65 bits per heavy atom. The van der Waals surface area contributed by atoms with Gasteiger partial charge >= 0.3 is 0 Å². The van der Waals surface area contributed by atoms with Gasteiger partial charge in [0.15, 0.2) is 0 Å². The standard InChI is InChI=1S/C16H18N4O3/c1-19(16(10-17)7-2-8-16)15(21)11-3-6-13(18-12-4-5-12)14(9-11)20(22)23/h3,6,9,12,18H,2,4-5,7-8H2,1H3. The van der Waals surface area contributed by atoms with E-state index >= 15 is 0 Å². The SMILES string of the molecule is CN(C(=O)c1ccc(NC2CC2)c([N+](=O)[O-])c1)C1(C#N)CCC1. The monoisotopic (exact) mass is 314 g/mol. The topological polar surface area (TPSA) is 99.3 Å². The minimum atomic E-state index is -0.767. The van der Waals surface area contributed by atoms with E-state index in [1.807, 2.05) is 0 Å². The number of benzene rings is 1. The Bertz CT molecular complexity index is 702. The van der Waals surface area contributed by atoms with Gasteiger partial charge in [0.2, 0.25) is 0 Å². The van der Waals surface area contributed by atoms with Gasteiger partial charge in [-0.25, -0.2) is 0 Å². The van der Waals surface area contributed by atoms with Crippen LogP contribution in [0.4, 0.5) is 11.4 Å². The van der Waals surface area contributed by atoms with Crippen molar-refractivity contribution in [1.29, 1.82) is 5.26 Å². The van der Waals surface area contributed by atoms with Crippen LogP contribution in [0, 0.1) is 21.4 Å². The highest BCUT2D eigenvalue weighted by molar-refractivity contribution is 5.96. The van der Waals surface area contributed by atoms with Crippen molar-refractivity contribution < 1.29 is 9.72 Å². The molecule has 0 unspecified atom stereocenters. The molecule has 0 spiro atoms. The van der Waals surface area contributed by atoms with Gasteiger partial charge in [-0.1, -0.05) is 0 Å². The number of hydrogen-bond donors (Lipinski definition) is 1. The van der Waals surface area contributed by atoms with Gasteiger partial charge < -0.3 is 10.2 Å². The fourth-order valence-electron chi connectivity index (χ4n) is 2.81. The van der Waals surface area contributed by atoms with E-state index in [4.69, 9.17) is 0 Å². The molecule has 7 heteroatoms. The third-order valence-corrected chi connectivity index (χ3v) is 4.71. The van der Waals surface area contributed by atoms with Gasteiger partial charge in [-0.05, 0) is 44.2 Å². The zero-order valence-corrected chi connectivity index (χ0v) is 12.9. The zero-order chi connectivity index (χ0) is 16.6. The lowest BCUT2D eigenvalue weighted by Crippen LogP contribution is -2.53. The second kappa shape index (κ2) is 5.54. The predicted molar refractivity (Wildman–Crippen MR) is 84.0 cm³/mol. The lowest BCUT2D eigenvalue weighted by Gasteiger charge is -2.42. The molecule has 0 radical (unpaired) electrons. The van der Waals surface area contributed by atoms with Crippen LogP contribution >= 0.6 is 0 Å². The van der Waals surface area contributed by atoms with Crippen molar-refractivity contribution in [3.05, 3.63) is 33.9 Å². The van der Waals surface area contributed by atoms with E-state index < -0.39 is 10.5 Å². The van der Waals surface area contributed by atoms with Crippen LogP contribution in [-0.2, 0) is 0 Å². The number of nitrogens with zero attached hydrogens (tertiary/aromatic N) is 3. The number of nitrogens with one attached hydrogen (secondary N) is 1.